The summed E-state index contributed by atoms with van der Waals surface area (Å²) in [6.45, 7) is 0.775. The summed E-state index contributed by atoms with van der Waals surface area (Å²) in [5.41, 5.74) is 1.16. The zero-order chi connectivity index (χ0) is 20.1. The molecule has 150 valence electrons. The van der Waals surface area contributed by atoms with Gasteiger partial charge in [-0.25, -0.2) is 8.42 Å². The minimum Gasteiger partial charge on any atom is -0.496 e. The number of benzene rings is 2. The molecule has 1 fully saturated rings. The van der Waals surface area contributed by atoms with Crippen LogP contribution in [0.25, 0.3) is 0 Å². The van der Waals surface area contributed by atoms with Crippen LogP contribution in [0.2, 0.25) is 0 Å². The fraction of sp³-hybridized carbons (Fsp3) is 0.381. The summed E-state index contributed by atoms with van der Waals surface area (Å²) < 4.78 is 36.2. The van der Waals surface area contributed by atoms with Gasteiger partial charge in [-0.2, -0.15) is 0 Å². The second-order valence-electron chi connectivity index (χ2n) is 6.82. The van der Waals surface area contributed by atoms with E-state index in [2.05, 4.69) is 0 Å². The minimum absolute atomic E-state index is 0.0345. The van der Waals surface area contributed by atoms with Crippen LogP contribution in [-0.2, 0) is 15.6 Å². The van der Waals surface area contributed by atoms with Crippen molar-refractivity contribution in [2.45, 2.75) is 23.8 Å². The highest BCUT2D eigenvalue weighted by atomic mass is 32.2. The number of rotatable bonds is 6. The molecule has 6 nitrogen and oxygen atoms in total. The molecule has 0 N–H and O–H groups in total. The smallest absolute Gasteiger partial charge is 0.261 e. The molecule has 1 aliphatic heterocycles. The Morgan fingerprint density at radius 2 is 1.54 bits per heavy atom. The first kappa shape index (κ1) is 20.2. The molecule has 2 aromatic carbocycles. The van der Waals surface area contributed by atoms with Crippen molar-refractivity contribution in [1.29, 1.82) is 0 Å². The van der Waals surface area contributed by atoms with E-state index in [4.69, 9.17) is 9.47 Å². The molecule has 1 aliphatic rings. The van der Waals surface area contributed by atoms with Gasteiger partial charge in [0.25, 0.3) is 5.91 Å². The van der Waals surface area contributed by atoms with Crippen molar-refractivity contribution in [1.82, 2.24) is 4.90 Å². The largest absolute Gasteiger partial charge is 0.496 e. The first-order valence-electron chi connectivity index (χ1n) is 9.22. The van der Waals surface area contributed by atoms with Crippen molar-refractivity contribution in [3.8, 4) is 11.5 Å². The van der Waals surface area contributed by atoms with E-state index >= 15 is 0 Å². The number of sulfone groups is 1. The Balaban J connectivity index is 1.70. The normalized spacial score (nSPS) is 15.3. The van der Waals surface area contributed by atoms with Crippen molar-refractivity contribution < 1.29 is 22.7 Å². The molecule has 28 heavy (non-hydrogen) atoms. The van der Waals surface area contributed by atoms with Gasteiger partial charge in [0.05, 0.1) is 25.2 Å². The minimum atomic E-state index is -3.26. The molecule has 0 saturated carbocycles. The van der Waals surface area contributed by atoms with Crippen molar-refractivity contribution >= 4 is 15.7 Å². The fourth-order valence-electron chi connectivity index (χ4n) is 3.56. The van der Waals surface area contributed by atoms with Crippen LogP contribution in [0.3, 0.4) is 0 Å². The van der Waals surface area contributed by atoms with Crippen molar-refractivity contribution in [2.24, 2.45) is 0 Å². The molecule has 0 atom stereocenters. The monoisotopic (exact) mass is 403 g/mol. The molecule has 1 heterocycles. The summed E-state index contributed by atoms with van der Waals surface area (Å²) in [5, 5.41) is -0.434. The Morgan fingerprint density at radius 3 is 2.07 bits per heavy atom. The number of amides is 1. The number of carbonyl (C=O) groups is 1. The first-order chi connectivity index (χ1) is 13.5. The summed E-state index contributed by atoms with van der Waals surface area (Å²) in [4.78, 5) is 14.7. The summed E-state index contributed by atoms with van der Waals surface area (Å²) in [6, 6.07) is 14.4. The summed E-state index contributed by atoms with van der Waals surface area (Å²) >= 11 is 0. The molecular weight excluding hydrogens is 378 g/mol. The Labute approximate surface area is 166 Å². The third-order valence-corrected chi connectivity index (χ3v) is 7.31. The van der Waals surface area contributed by atoms with E-state index in [-0.39, 0.29) is 11.7 Å². The number of hydrogen-bond acceptors (Lipinski definition) is 5. The predicted octanol–water partition coefficient (Wildman–Crippen LogP) is 2.92. The van der Waals surface area contributed by atoms with Crippen LogP contribution in [0.5, 0.6) is 11.5 Å². The van der Waals surface area contributed by atoms with Crippen molar-refractivity contribution in [3.05, 3.63) is 59.7 Å². The van der Waals surface area contributed by atoms with Crippen LogP contribution >= 0.6 is 0 Å². The lowest BCUT2D eigenvalue weighted by atomic mass is 10.1. The van der Waals surface area contributed by atoms with E-state index in [1.54, 1.807) is 23.1 Å². The van der Waals surface area contributed by atoms with Gasteiger partial charge in [0.15, 0.2) is 9.84 Å². The van der Waals surface area contributed by atoms with Crippen LogP contribution in [-0.4, -0.2) is 51.8 Å². The maximum absolute atomic E-state index is 13.0. The molecule has 1 amide bonds. The van der Waals surface area contributed by atoms with Gasteiger partial charge < -0.3 is 14.4 Å². The van der Waals surface area contributed by atoms with Gasteiger partial charge in [-0.1, -0.05) is 36.4 Å². The van der Waals surface area contributed by atoms with Gasteiger partial charge in [0.1, 0.15) is 17.1 Å². The SMILES string of the molecule is COc1cccc(OC)c1C(=O)N1CCC(S(=O)(=O)Cc2ccccc2)CC1. The molecule has 0 bridgehead atoms. The van der Waals surface area contributed by atoms with E-state index < -0.39 is 15.1 Å². The number of likely N-dealkylation sites (tertiary alicyclic amines) is 1. The van der Waals surface area contributed by atoms with Crippen molar-refractivity contribution in [2.75, 3.05) is 27.3 Å². The van der Waals surface area contributed by atoms with Crippen LogP contribution in [0.15, 0.2) is 48.5 Å². The van der Waals surface area contributed by atoms with Gasteiger partial charge in [-0.15, -0.1) is 0 Å². The number of hydrogen-bond donors (Lipinski definition) is 0. The quantitative estimate of drug-likeness (QED) is 0.742. The van der Waals surface area contributed by atoms with Gasteiger partial charge in [0, 0.05) is 13.1 Å². The predicted molar refractivity (Wildman–Crippen MR) is 108 cm³/mol. The molecule has 2 aromatic rings. The molecule has 3 rings (SSSR count). The maximum Gasteiger partial charge on any atom is 0.261 e. The van der Waals surface area contributed by atoms with Crippen molar-refractivity contribution in [3.63, 3.8) is 0 Å². The first-order valence-corrected chi connectivity index (χ1v) is 10.9. The highest BCUT2D eigenvalue weighted by molar-refractivity contribution is 7.91. The molecule has 1 saturated heterocycles. The lowest BCUT2D eigenvalue weighted by Gasteiger charge is -2.32. The van der Waals surface area contributed by atoms with E-state index in [0.29, 0.717) is 43.0 Å². The van der Waals surface area contributed by atoms with Gasteiger partial charge in [-0.3, -0.25) is 4.79 Å². The fourth-order valence-corrected chi connectivity index (χ4v) is 5.38. The number of methoxy groups -OCH3 is 2. The zero-order valence-corrected chi connectivity index (χ0v) is 16.9. The third kappa shape index (κ3) is 4.30. The van der Waals surface area contributed by atoms with Crippen LogP contribution in [0, 0.1) is 0 Å². The van der Waals surface area contributed by atoms with E-state index in [1.165, 1.54) is 14.2 Å². The molecule has 0 aromatic heterocycles. The number of carbonyl (C=O) groups excluding carboxylic acids is 1. The lowest BCUT2D eigenvalue weighted by Crippen LogP contribution is -2.43. The molecule has 0 aliphatic carbocycles. The Morgan fingerprint density at radius 1 is 0.964 bits per heavy atom. The van der Waals surface area contributed by atoms with Crippen LogP contribution < -0.4 is 9.47 Å². The number of nitrogens with zero attached hydrogens (tertiary/aromatic N) is 1. The summed E-state index contributed by atoms with van der Waals surface area (Å²) in [6.07, 6.45) is 0.858. The van der Waals surface area contributed by atoms with E-state index in [1.807, 2.05) is 30.3 Å². The van der Waals surface area contributed by atoms with E-state index in [0.717, 1.165) is 5.56 Å². The maximum atomic E-state index is 13.0. The topological polar surface area (TPSA) is 72.9 Å². The van der Waals surface area contributed by atoms with E-state index in [9.17, 15) is 13.2 Å². The Hall–Kier alpha value is -2.54. The third-order valence-electron chi connectivity index (χ3n) is 5.09. The Kier molecular flexibility index (Phi) is 6.24. The van der Waals surface area contributed by atoms with Gasteiger partial charge in [0.2, 0.25) is 0 Å². The second kappa shape index (κ2) is 8.65. The van der Waals surface area contributed by atoms with Crippen LogP contribution in [0.4, 0.5) is 0 Å². The van der Waals surface area contributed by atoms with Gasteiger partial charge >= 0.3 is 0 Å². The standard InChI is InChI=1S/C21H25NO5S/c1-26-18-9-6-10-19(27-2)20(18)21(23)22-13-11-17(12-14-22)28(24,25)15-16-7-4-3-5-8-16/h3-10,17H,11-15H2,1-2H3. The molecule has 0 radical (unpaired) electrons. The summed E-state index contributed by atoms with van der Waals surface area (Å²) in [5.74, 6) is 0.729. The second-order valence-corrected chi connectivity index (χ2v) is 9.10. The molecule has 7 heteroatoms. The molecular formula is C21H25NO5S. The Bertz CT molecular complexity index is 897. The van der Waals surface area contributed by atoms with Gasteiger partial charge in [-0.05, 0) is 30.5 Å². The number of piperidine rings is 1. The highest BCUT2D eigenvalue weighted by Gasteiger charge is 2.33. The average molecular weight is 404 g/mol. The highest BCUT2D eigenvalue weighted by Crippen LogP contribution is 2.31. The number of ether oxygens (including phenoxy) is 2. The summed E-state index contributed by atoms with van der Waals surface area (Å²) in [7, 11) is -0.247. The average Bonchev–Trinajstić information content (AvgIpc) is 2.73. The lowest BCUT2D eigenvalue weighted by molar-refractivity contribution is 0.0718. The molecule has 0 unspecified atom stereocenters. The zero-order valence-electron chi connectivity index (χ0n) is 16.1. The van der Waals surface area contributed by atoms with Crippen LogP contribution in [0.1, 0.15) is 28.8 Å². The molecule has 0 spiro atoms.